The van der Waals surface area contributed by atoms with E-state index < -0.39 is 0 Å². The van der Waals surface area contributed by atoms with Crippen LogP contribution in [0.25, 0.3) is 0 Å². The summed E-state index contributed by atoms with van der Waals surface area (Å²) in [6, 6.07) is 12.5. The molecule has 2 aromatic carbocycles. The topological polar surface area (TPSA) is 77.3 Å². The van der Waals surface area contributed by atoms with E-state index in [0.717, 1.165) is 23.6 Å². The fraction of sp³-hybridized carbons (Fsp3) is 0.385. The normalized spacial score (nSPS) is 15.2. The third-order valence-electron chi connectivity index (χ3n) is 6.17. The lowest BCUT2D eigenvalue weighted by atomic mass is 10.0. The minimum absolute atomic E-state index is 0.116. The van der Waals surface area contributed by atoms with Gasteiger partial charge in [0.2, 0.25) is 12.7 Å². The van der Waals surface area contributed by atoms with Crippen LogP contribution in [0.5, 0.6) is 11.5 Å². The Labute approximate surface area is 199 Å². The lowest BCUT2D eigenvalue weighted by Crippen LogP contribution is -2.40. The molecule has 34 heavy (non-hydrogen) atoms. The fourth-order valence-corrected chi connectivity index (χ4v) is 4.28. The second kappa shape index (κ2) is 9.87. The van der Waals surface area contributed by atoms with E-state index in [1.807, 2.05) is 18.2 Å². The van der Waals surface area contributed by atoms with Crippen LogP contribution in [-0.4, -0.2) is 53.8 Å². The van der Waals surface area contributed by atoms with Gasteiger partial charge in [0.15, 0.2) is 17.2 Å². The number of hydrogen-bond donors (Lipinski definition) is 0. The van der Waals surface area contributed by atoms with Crippen LogP contribution >= 0.6 is 0 Å². The molecule has 1 amide bonds. The molecule has 0 unspecified atom stereocenters. The van der Waals surface area contributed by atoms with E-state index in [-0.39, 0.29) is 12.7 Å². The Balaban J connectivity index is 1.35. The Morgan fingerprint density at radius 1 is 1.00 bits per heavy atom. The van der Waals surface area contributed by atoms with Crippen LogP contribution in [0.15, 0.2) is 47.1 Å². The summed E-state index contributed by atoms with van der Waals surface area (Å²) < 4.78 is 22.1. The maximum absolute atomic E-state index is 12.8. The fourth-order valence-electron chi connectivity index (χ4n) is 4.28. The molecule has 1 saturated heterocycles. The molecule has 0 spiro atoms. The molecule has 0 aliphatic carbocycles. The Hall–Kier alpha value is -3.36. The molecule has 0 radical (unpaired) electrons. The van der Waals surface area contributed by atoms with Crippen molar-refractivity contribution in [3.63, 3.8) is 0 Å². The largest absolute Gasteiger partial charge is 0.454 e. The third kappa shape index (κ3) is 5.08. The summed E-state index contributed by atoms with van der Waals surface area (Å²) in [5.41, 5.74) is 5.14. The first-order valence-electron chi connectivity index (χ1n) is 11.5. The zero-order valence-corrected chi connectivity index (χ0v) is 19.6. The van der Waals surface area contributed by atoms with Crippen molar-refractivity contribution in [1.29, 1.82) is 0 Å². The van der Waals surface area contributed by atoms with Crippen LogP contribution in [0, 0.1) is 13.8 Å². The van der Waals surface area contributed by atoms with E-state index in [9.17, 15) is 4.79 Å². The molecule has 1 aromatic heterocycles. The average molecular weight is 464 g/mol. The van der Waals surface area contributed by atoms with Crippen molar-refractivity contribution in [3.8, 4) is 11.5 Å². The standard InChI is InChI=1S/C26H29N3O5/c1-18-3-4-19(2)21(11-18)14-28(13-20-5-6-23-24(12-20)34-17-33-23)15-25-27-22(16-32-25)26(30)29-7-9-31-10-8-29/h3-6,11-12,16H,7-10,13-15,17H2,1-2H3. The van der Waals surface area contributed by atoms with Crippen molar-refractivity contribution in [1.82, 2.24) is 14.8 Å². The van der Waals surface area contributed by atoms with Crippen molar-refractivity contribution < 1.29 is 23.4 Å². The summed E-state index contributed by atoms with van der Waals surface area (Å²) in [6.07, 6.45) is 1.46. The molecule has 3 aromatic rings. The van der Waals surface area contributed by atoms with E-state index >= 15 is 0 Å². The van der Waals surface area contributed by atoms with Gasteiger partial charge >= 0.3 is 0 Å². The first-order valence-corrected chi connectivity index (χ1v) is 11.5. The van der Waals surface area contributed by atoms with Crippen LogP contribution in [0.2, 0.25) is 0 Å². The Morgan fingerprint density at radius 3 is 2.68 bits per heavy atom. The quantitative estimate of drug-likeness (QED) is 0.529. The second-order valence-corrected chi connectivity index (χ2v) is 8.79. The number of carbonyl (C=O) groups excluding carboxylic acids is 1. The molecule has 5 rings (SSSR count). The number of morpholine rings is 1. The highest BCUT2D eigenvalue weighted by Crippen LogP contribution is 2.33. The number of oxazole rings is 1. The first kappa shape index (κ1) is 22.4. The molecule has 2 aliphatic heterocycles. The lowest BCUT2D eigenvalue weighted by Gasteiger charge is -2.25. The monoisotopic (exact) mass is 463 g/mol. The summed E-state index contributed by atoms with van der Waals surface area (Å²) in [4.78, 5) is 21.3. The van der Waals surface area contributed by atoms with Gasteiger partial charge in [-0.05, 0) is 42.7 Å². The van der Waals surface area contributed by atoms with E-state index in [2.05, 4.69) is 41.9 Å². The lowest BCUT2D eigenvalue weighted by molar-refractivity contribution is 0.0299. The molecule has 1 fully saturated rings. The minimum atomic E-state index is -0.116. The van der Waals surface area contributed by atoms with Gasteiger partial charge in [-0.25, -0.2) is 4.98 Å². The number of hydrogen-bond acceptors (Lipinski definition) is 7. The van der Waals surface area contributed by atoms with Gasteiger partial charge < -0.3 is 23.5 Å². The second-order valence-electron chi connectivity index (χ2n) is 8.79. The predicted molar refractivity (Wildman–Crippen MR) is 125 cm³/mol. The van der Waals surface area contributed by atoms with Crippen molar-refractivity contribution >= 4 is 5.91 Å². The van der Waals surface area contributed by atoms with Crippen LogP contribution in [-0.2, 0) is 24.4 Å². The molecule has 178 valence electrons. The number of ether oxygens (including phenoxy) is 3. The zero-order chi connectivity index (χ0) is 23.5. The molecular weight excluding hydrogens is 434 g/mol. The number of nitrogens with zero attached hydrogens (tertiary/aromatic N) is 3. The number of rotatable bonds is 7. The number of benzene rings is 2. The summed E-state index contributed by atoms with van der Waals surface area (Å²) in [7, 11) is 0. The molecule has 0 saturated carbocycles. The van der Waals surface area contributed by atoms with Crippen molar-refractivity contribution in [2.24, 2.45) is 0 Å². The Bertz CT molecular complexity index is 1170. The predicted octanol–water partition coefficient (Wildman–Crippen LogP) is 3.69. The van der Waals surface area contributed by atoms with Gasteiger partial charge in [-0.1, -0.05) is 29.8 Å². The van der Waals surface area contributed by atoms with Gasteiger partial charge in [-0.3, -0.25) is 9.69 Å². The maximum Gasteiger partial charge on any atom is 0.275 e. The van der Waals surface area contributed by atoms with Crippen LogP contribution < -0.4 is 9.47 Å². The van der Waals surface area contributed by atoms with Crippen molar-refractivity contribution in [2.45, 2.75) is 33.5 Å². The number of carbonyl (C=O) groups is 1. The van der Waals surface area contributed by atoms with Gasteiger partial charge in [0.05, 0.1) is 19.8 Å². The molecule has 0 N–H and O–H groups in total. The van der Waals surface area contributed by atoms with Crippen LogP contribution in [0.4, 0.5) is 0 Å². The minimum Gasteiger partial charge on any atom is -0.454 e. The van der Waals surface area contributed by atoms with Gasteiger partial charge in [0, 0.05) is 26.2 Å². The molecular formula is C26H29N3O5. The van der Waals surface area contributed by atoms with Gasteiger partial charge in [0.25, 0.3) is 5.91 Å². The van der Waals surface area contributed by atoms with Gasteiger partial charge in [0.1, 0.15) is 6.26 Å². The van der Waals surface area contributed by atoms with E-state index in [4.69, 9.17) is 18.6 Å². The molecule has 3 heterocycles. The van der Waals surface area contributed by atoms with Crippen LogP contribution in [0.3, 0.4) is 0 Å². The SMILES string of the molecule is Cc1ccc(C)c(CN(Cc2ccc3c(c2)OCO3)Cc2nc(C(=O)N3CCOCC3)co2)c1. The van der Waals surface area contributed by atoms with E-state index in [0.29, 0.717) is 51.0 Å². The number of aromatic nitrogens is 1. The smallest absolute Gasteiger partial charge is 0.275 e. The van der Waals surface area contributed by atoms with E-state index in [1.165, 1.54) is 23.0 Å². The highest BCUT2D eigenvalue weighted by Gasteiger charge is 2.23. The average Bonchev–Trinajstić information content (AvgIpc) is 3.51. The highest BCUT2D eigenvalue weighted by atomic mass is 16.7. The summed E-state index contributed by atoms with van der Waals surface area (Å²) in [5.74, 6) is 1.93. The summed E-state index contributed by atoms with van der Waals surface area (Å²) >= 11 is 0. The van der Waals surface area contributed by atoms with Gasteiger partial charge in [-0.15, -0.1) is 0 Å². The molecule has 8 heteroatoms. The number of aryl methyl sites for hydroxylation is 2. The molecule has 8 nitrogen and oxygen atoms in total. The highest BCUT2D eigenvalue weighted by molar-refractivity contribution is 5.92. The zero-order valence-electron chi connectivity index (χ0n) is 19.6. The maximum atomic E-state index is 12.8. The van der Waals surface area contributed by atoms with Crippen molar-refractivity contribution in [3.05, 3.63) is 76.5 Å². The Morgan fingerprint density at radius 2 is 1.82 bits per heavy atom. The van der Waals surface area contributed by atoms with Crippen LogP contribution in [0.1, 0.15) is 38.6 Å². The molecule has 2 aliphatic rings. The van der Waals surface area contributed by atoms with Crippen molar-refractivity contribution in [2.75, 3.05) is 33.1 Å². The summed E-state index contributed by atoms with van der Waals surface area (Å²) in [5, 5.41) is 0. The number of amides is 1. The molecule has 0 atom stereocenters. The van der Waals surface area contributed by atoms with Gasteiger partial charge in [-0.2, -0.15) is 0 Å². The summed E-state index contributed by atoms with van der Waals surface area (Å²) in [6.45, 7) is 8.58. The van der Waals surface area contributed by atoms with E-state index in [1.54, 1.807) is 4.90 Å². The number of fused-ring (bicyclic) bond motifs is 1. The third-order valence-corrected chi connectivity index (χ3v) is 6.17. The molecule has 0 bridgehead atoms. The first-order chi connectivity index (χ1) is 16.5. The Kier molecular flexibility index (Phi) is 6.51.